The first-order valence-electron chi connectivity index (χ1n) is 5.83. The molecule has 1 aromatic rings. The van der Waals surface area contributed by atoms with E-state index >= 15 is 0 Å². The van der Waals surface area contributed by atoms with Crippen molar-refractivity contribution in [2.45, 2.75) is 32.9 Å². The molecule has 2 unspecified atom stereocenters. The van der Waals surface area contributed by atoms with Crippen LogP contribution in [0.4, 0.5) is 0 Å². The molecule has 0 radical (unpaired) electrons. The van der Waals surface area contributed by atoms with Crippen LogP contribution >= 0.6 is 23.2 Å². The molecule has 0 spiro atoms. The van der Waals surface area contributed by atoms with Gasteiger partial charge in [-0.1, -0.05) is 29.3 Å². The lowest BCUT2D eigenvalue weighted by Gasteiger charge is -2.20. The summed E-state index contributed by atoms with van der Waals surface area (Å²) < 4.78 is 5.37. The summed E-state index contributed by atoms with van der Waals surface area (Å²) >= 11 is 11.9. The van der Waals surface area contributed by atoms with Gasteiger partial charge in [0.05, 0.1) is 16.7 Å². The molecule has 4 heteroatoms. The average molecular weight is 276 g/mol. The van der Waals surface area contributed by atoms with E-state index in [1.54, 1.807) is 0 Å². The summed E-state index contributed by atoms with van der Waals surface area (Å²) in [4.78, 5) is 0. The number of rotatable bonds is 6. The predicted octanol–water partition coefficient (Wildman–Crippen LogP) is 4.07. The van der Waals surface area contributed by atoms with E-state index in [0.29, 0.717) is 22.7 Å². The zero-order valence-corrected chi connectivity index (χ0v) is 12.0. The lowest BCUT2D eigenvalue weighted by atomic mass is 10.1. The first-order valence-corrected chi connectivity index (χ1v) is 6.59. The Morgan fingerprint density at radius 1 is 1.24 bits per heavy atom. The van der Waals surface area contributed by atoms with Crippen LogP contribution in [0, 0.1) is 0 Å². The molecule has 0 saturated heterocycles. The van der Waals surface area contributed by atoms with Crippen molar-refractivity contribution in [3.63, 3.8) is 0 Å². The molecule has 1 rings (SSSR count). The lowest BCUT2D eigenvalue weighted by Crippen LogP contribution is -2.32. The van der Waals surface area contributed by atoms with Crippen LogP contribution in [0.25, 0.3) is 0 Å². The molecule has 0 aliphatic rings. The minimum atomic E-state index is 0.222. The van der Waals surface area contributed by atoms with Crippen molar-refractivity contribution in [2.24, 2.45) is 0 Å². The molecule has 2 atom stereocenters. The van der Waals surface area contributed by atoms with E-state index in [-0.39, 0.29) is 6.04 Å². The van der Waals surface area contributed by atoms with Gasteiger partial charge in [0, 0.05) is 18.7 Å². The van der Waals surface area contributed by atoms with E-state index in [1.807, 2.05) is 25.1 Å². The number of benzene rings is 1. The Morgan fingerprint density at radius 2 is 1.94 bits per heavy atom. The van der Waals surface area contributed by atoms with Gasteiger partial charge in [-0.25, -0.2) is 0 Å². The normalized spacial score (nSPS) is 14.6. The van der Waals surface area contributed by atoms with E-state index in [2.05, 4.69) is 19.2 Å². The second-order valence-electron chi connectivity index (χ2n) is 4.12. The maximum absolute atomic E-state index is 5.99. The molecule has 0 amide bonds. The molecular formula is C13H19Cl2NO. The fourth-order valence-corrected chi connectivity index (χ4v) is 1.95. The van der Waals surface area contributed by atoms with Gasteiger partial charge in [0.2, 0.25) is 0 Å². The van der Waals surface area contributed by atoms with Crippen LogP contribution in [-0.4, -0.2) is 19.3 Å². The number of ether oxygens (including phenoxy) is 1. The highest BCUT2D eigenvalue weighted by Crippen LogP contribution is 2.25. The van der Waals surface area contributed by atoms with Crippen LogP contribution in [0.3, 0.4) is 0 Å². The van der Waals surface area contributed by atoms with Gasteiger partial charge in [-0.15, -0.1) is 0 Å². The second kappa shape index (κ2) is 7.22. The van der Waals surface area contributed by atoms with Crippen LogP contribution in [0.1, 0.15) is 32.4 Å². The molecule has 0 fully saturated rings. The molecule has 0 aliphatic heterocycles. The molecule has 1 aromatic carbocycles. The van der Waals surface area contributed by atoms with E-state index in [1.165, 1.54) is 0 Å². The van der Waals surface area contributed by atoms with Crippen molar-refractivity contribution in [2.75, 3.05) is 13.2 Å². The second-order valence-corrected chi connectivity index (χ2v) is 4.94. The van der Waals surface area contributed by atoms with Gasteiger partial charge in [0.25, 0.3) is 0 Å². The highest BCUT2D eigenvalue weighted by atomic mass is 35.5. The van der Waals surface area contributed by atoms with E-state index in [9.17, 15) is 0 Å². The minimum absolute atomic E-state index is 0.222. The van der Waals surface area contributed by atoms with Crippen molar-refractivity contribution < 1.29 is 4.74 Å². The summed E-state index contributed by atoms with van der Waals surface area (Å²) in [7, 11) is 0. The number of hydrogen-bond acceptors (Lipinski definition) is 2. The first kappa shape index (κ1) is 14.8. The highest BCUT2D eigenvalue weighted by Gasteiger charge is 2.10. The maximum Gasteiger partial charge on any atom is 0.0616 e. The Labute approximate surface area is 113 Å². The largest absolute Gasteiger partial charge is 0.380 e. The van der Waals surface area contributed by atoms with Crippen molar-refractivity contribution in [3.8, 4) is 0 Å². The molecule has 0 aliphatic carbocycles. The fraction of sp³-hybridized carbons (Fsp3) is 0.538. The Hall–Kier alpha value is -0.280. The van der Waals surface area contributed by atoms with Crippen LogP contribution < -0.4 is 5.32 Å². The standard InChI is InChI=1S/C13H19Cl2NO/c1-4-17-8-9(2)16-10(3)11-5-6-12(14)13(15)7-11/h5-7,9-10,16H,4,8H2,1-3H3. The van der Waals surface area contributed by atoms with E-state index < -0.39 is 0 Å². The zero-order chi connectivity index (χ0) is 12.8. The van der Waals surface area contributed by atoms with Gasteiger partial charge >= 0.3 is 0 Å². The third-order valence-corrected chi connectivity index (χ3v) is 3.29. The van der Waals surface area contributed by atoms with Crippen LogP contribution in [0.5, 0.6) is 0 Å². The number of hydrogen-bond donors (Lipinski definition) is 1. The predicted molar refractivity (Wildman–Crippen MR) is 74.0 cm³/mol. The van der Waals surface area contributed by atoms with Gasteiger partial charge in [-0.2, -0.15) is 0 Å². The van der Waals surface area contributed by atoms with Crippen molar-refractivity contribution >= 4 is 23.2 Å². The molecular weight excluding hydrogens is 257 g/mol. The van der Waals surface area contributed by atoms with Gasteiger partial charge in [0.15, 0.2) is 0 Å². The SMILES string of the molecule is CCOCC(C)NC(C)c1ccc(Cl)c(Cl)c1. The van der Waals surface area contributed by atoms with Crippen LogP contribution in [-0.2, 0) is 4.74 Å². The summed E-state index contributed by atoms with van der Waals surface area (Å²) in [6, 6.07) is 6.23. The van der Waals surface area contributed by atoms with Gasteiger partial charge in [0.1, 0.15) is 0 Å². The summed E-state index contributed by atoms with van der Waals surface area (Å²) in [6.45, 7) is 7.65. The molecule has 0 bridgehead atoms. The minimum Gasteiger partial charge on any atom is -0.380 e. The zero-order valence-electron chi connectivity index (χ0n) is 10.5. The Balaban J connectivity index is 2.57. The molecule has 96 valence electrons. The number of halogens is 2. The van der Waals surface area contributed by atoms with Crippen LogP contribution in [0.2, 0.25) is 10.0 Å². The molecule has 0 aromatic heterocycles. The molecule has 1 N–H and O–H groups in total. The van der Waals surface area contributed by atoms with E-state index in [0.717, 1.165) is 12.2 Å². The smallest absolute Gasteiger partial charge is 0.0616 e. The Kier molecular flexibility index (Phi) is 6.28. The summed E-state index contributed by atoms with van der Waals surface area (Å²) in [5, 5.41) is 4.63. The van der Waals surface area contributed by atoms with Crippen molar-refractivity contribution in [1.29, 1.82) is 0 Å². The Morgan fingerprint density at radius 3 is 2.53 bits per heavy atom. The van der Waals surface area contributed by atoms with Crippen molar-refractivity contribution in [3.05, 3.63) is 33.8 Å². The van der Waals surface area contributed by atoms with Gasteiger partial charge in [-0.3, -0.25) is 0 Å². The summed E-state index contributed by atoms with van der Waals surface area (Å²) in [5.74, 6) is 0. The summed E-state index contributed by atoms with van der Waals surface area (Å²) in [6.07, 6.45) is 0. The number of nitrogens with one attached hydrogen (secondary N) is 1. The molecule has 17 heavy (non-hydrogen) atoms. The quantitative estimate of drug-likeness (QED) is 0.845. The van der Waals surface area contributed by atoms with Gasteiger partial charge < -0.3 is 10.1 Å². The fourth-order valence-electron chi connectivity index (χ4n) is 1.65. The Bertz CT molecular complexity index is 357. The summed E-state index contributed by atoms with van der Waals surface area (Å²) in [5.41, 5.74) is 1.13. The topological polar surface area (TPSA) is 21.3 Å². The maximum atomic E-state index is 5.99. The monoisotopic (exact) mass is 275 g/mol. The average Bonchev–Trinajstić information content (AvgIpc) is 2.30. The molecule has 0 heterocycles. The van der Waals surface area contributed by atoms with Crippen LogP contribution in [0.15, 0.2) is 18.2 Å². The molecule has 2 nitrogen and oxygen atoms in total. The third kappa shape index (κ3) is 4.84. The van der Waals surface area contributed by atoms with Gasteiger partial charge in [-0.05, 0) is 38.5 Å². The first-order chi connectivity index (χ1) is 8.04. The molecule has 0 saturated carbocycles. The lowest BCUT2D eigenvalue weighted by molar-refractivity contribution is 0.124. The van der Waals surface area contributed by atoms with Crippen molar-refractivity contribution in [1.82, 2.24) is 5.32 Å². The highest BCUT2D eigenvalue weighted by molar-refractivity contribution is 6.42. The van der Waals surface area contributed by atoms with E-state index in [4.69, 9.17) is 27.9 Å². The third-order valence-electron chi connectivity index (χ3n) is 2.55.